The second kappa shape index (κ2) is 44.9. The van der Waals surface area contributed by atoms with Crippen molar-refractivity contribution in [2.75, 3.05) is 11.5 Å². The van der Waals surface area contributed by atoms with E-state index in [4.69, 9.17) is 0 Å². The van der Waals surface area contributed by atoms with E-state index in [-0.39, 0.29) is 88.6 Å². The predicted molar refractivity (Wildman–Crippen MR) is 552 cm³/mol. The molecule has 1 heterocycles. The molecule has 0 aromatic heterocycles. The van der Waals surface area contributed by atoms with Crippen molar-refractivity contribution in [3.63, 3.8) is 0 Å². The van der Waals surface area contributed by atoms with Gasteiger partial charge >= 0.3 is 0 Å². The molecule has 14 heteroatoms. The minimum atomic E-state index is -0.373. The molecule has 20 rings (SSSR count). The lowest BCUT2D eigenvalue weighted by atomic mass is 9.87. The average molecular weight is 1840 g/mol. The van der Waals surface area contributed by atoms with Crippen molar-refractivity contribution in [1.29, 1.82) is 0 Å². The van der Waals surface area contributed by atoms with Crippen molar-refractivity contribution >= 4 is 97.7 Å². The van der Waals surface area contributed by atoms with Crippen molar-refractivity contribution in [1.82, 2.24) is 0 Å². The predicted octanol–water partition coefficient (Wildman–Crippen LogP) is 29.4. The van der Waals surface area contributed by atoms with Crippen LogP contribution < -0.4 is 0 Å². The zero-order valence-electron chi connectivity index (χ0n) is 74.2. The normalized spacial score (nSPS) is 11.8. The molecule has 132 heavy (non-hydrogen) atoms. The van der Waals surface area contributed by atoms with Gasteiger partial charge in [0.25, 0.3) is 0 Å². The van der Waals surface area contributed by atoms with Crippen LogP contribution in [0.1, 0.15) is 50.3 Å². The van der Waals surface area contributed by atoms with E-state index in [0.717, 1.165) is 41.0 Å². The molecule has 1 fully saturated rings. The third-order valence-electron chi connectivity index (χ3n) is 22.1. The molecule has 8 nitrogen and oxygen atoms in total. The summed E-state index contributed by atoms with van der Waals surface area (Å²) in [7, 11) is -0.661. The standard InChI is InChI=1S/C30H27S.C20H18OS.C18H14O3S.C18H14O2S.C18H14OS.C14H14OS/c1-30(2,3)26-14-18-27(19-15-26)31(28-16-12-22-8-4-6-10-24(22)20-28)29-17-13-23-9-5-7-11-25(23)21-29;1-15-13-19(14-16(2)20(15)21)22(17-9-5-3-6-10-17)18-11-7-4-8-12-18;19-13-1-7-16(8-2-13)22(17-9-3-14(20)4-10-17)18-11-5-15(21)6-12-18;19-14-6-10-17(11-7-14)21(16-4-2-1-3-5-16)18-12-8-15(20)9-13-18;19-15-11-13-18(14-12-15)20(16-7-3-1-4-8-16)17-9-5-2-6-10-17;15-13-7-8-14(16-9-3-4-10-16)12-6-2-1-5-11(12)13/h4-21H,1-3H3;3-14H,1-2H3;1-12H,(H2-,19,20,21);1-13H,(H-,19,20);1-14H;1-2,5-8H,3-4,9-10H2/q+1;;;;;/p+5. The van der Waals surface area contributed by atoms with Gasteiger partial charge in [0.05, 0.1) is 54.5 Å². The van der Waals surface area contributed by atoms with Crippen LogP contribution in [0.3, 0.4) is 0 Å². The molecule has 1 aliphatic rings. The maximum Gasteiger partial charge on any atom is 0.167 e. The lowest BCUT2D eigenvalue weighted by molar-refractivity contribution is 0.466. The average Bonchev–Trinajstić information content (AvgIpc) is 0.979. The van der Waals surface area contributed by atoms with Crippen LogP contribution in [0.4, 0.5) is 0 Å². The highest BCUT2D eigenvalue weighted by Gasteiger charge is 2.36. The number of benzene rings is 19. The van der Waals surface area contributed by atoms with E-state index in [9.17, 15) is 40.9 Å². The molecule has 19 aromatic rings. The number of aromatic hydroxyl groups is 8. The van der Waals surface area contributed by atoms with Crippen molar-refractivity contribution in [2.24, 2.45) is 0 Å². The fourth-order valence-electron chi connectivity index (χ4n) is 15.4. The summed E-state index contributed by atoms with van der Waals surface area (Å²) in [5.74, 6) is 4.97. The highest BCUT2D eigenvalue weighted by molar-refractivity contribution is 7.98. The van der Waals surface area contributed by atoms with Gasteiger partial charge in [-0.2, -0.15) is 0 Å². The number of phenols is 8. The fraction of sp³-hybridized carbons (Fsp3) is 0.0847. The molecule has 0 atom stereocenters. The molecule has 0 amide bonds. The molecule has 0 spiro atoms. The number of phenolic OH excluding ortho intramolecular Hbond substituents is 8. The molecular weight excluding hydrogens is 1740 g/mol. The summed E-state index contributed by atoms with van der Waals surface area (Å²) in [6.45, 7) is 10.7. The topological polar surface area (TPSA) is 162 Å². The molecule has 8 N–H and O–H groups in total. The molecule has 0 saturated carbocycles. The summed E-state index contributed by atoms with van der Waals surface area (Å²) in [5, 5.41) is 84.2. The Morgan fingerprint density at radius 2 is 0.447 bits per heavy atom. The molecule has 1 saturated heterocycles. The first-order valence-electron chi connectivity index (χ1n) is 43.7. The van der Waals surface area contributed by atoms with Gasteiger partial charge in [0.2, 0.25) is 0 Å². The molecule has 19 aromatic carbocycles. The minimum absolute atomic E-state index is 0.134. The van der Waals surface area contributed by atoms with Gasteiger partial charge in [-0.05, 0) is 331 Å². The van der Waals surface area contributed by atoms with Crippen LogP contribution in [-0.4, -0.2) is 52.4 Å². The summed E-state index contributed by atoms with van der Waals surface area (Å²) >= 11 is 0. The van der Waals surface area contributed by atoms with Crippen molar-refractivity contribution in [3.8, 4) is 46.0 Å². The Morgan fingerprint density at radius 1 is 0.212 bits per heavy atom. The zero-order chi connectivity index (χ0) is 91.9. The van der Waals surface area contributed by atoms with Crippen molar-refractivity contribution in [2.45, 2.75) is 131 Å². The number of hydrogen-bond donors (Lipinski definition) is 8. The first kappa shape index (κ1) is 93.1. The van der Waals surface area contributed by atoms with Crippen LogP contribution in [0.15, 0.2) is 533 Å². The van der Waals surface area contributed by atoms with Crippen LogP contribution in [0.25, 0.3) is 32.3 Å². The number of hydrogen-bond acceptors (Lipinski definition) is 8. The van der Waals surface area contributed by atoms with E-state index in [2.05, 4.69) is 269 Å². The van der Waals surface area contributed by atoms with Crippen molar-refractivity contribution < 1.29 is 40.9 Å². The molecular formula is C118H106O8S6+6. The molecule has 656 valence electrons. The third-order valence-corrected chi connectivity index (χ3v) is 35.7. The summed E-state index contributed by atoms with van der Waals surface area (Å²) in [6, 6.07) is 152. The van der Waals surface area contributed by atoms with Crippen LogP contribution in [-0.2, 0) is 70.8 Å². The minimum Gasteiger partial charge on any atom is -0.508 e. The van der Waals surface area contributed by atoms with Gasteiger partial charge in [0, 0.05) is 45.9 Å². The van der Waals surface area contributed by atoms with E-state index >= 15 is 0 Å². The Labute approximate surface area is 792 Å². The summed E-state index contributed by atoms with van der Waals surface area (Å²) in [4.78, 5) is 19.7. The Kier molecular flexibility index (Phi) is 31.7. The number of rotatable bonds is 16. The molecule has 0 aliphatic carbocycles. The summed E-state index contributed by atoms with van der Waals surface area (Å²) < 4.78 is 0. The highest BCUT2D eigenvalue weighted by atomic mass is 32.2. The van der Waals surface area contributed by atoms with E-state index in [1.165, 1.54) is 111 Å². The van der Waals surface area contributed by atoms with Crippen molar-refractivity contribution in [3.05, 3.63) is 472 Å². The smallest absolute Gasteiger partial charge is 0.167 e. The van der Waals surface area contributed by atoms with Gasteiger partial charge in [-0.15, -0.1) is 0 Å². The van der Waals surface area contributed by atoms with Crippen LogP contribution >= 0.6 is 0 Å². The van der Waals surface area contributed by atoms with Gasteiger partial charge in [-0.3, -0.25) is 0 Å². The quantitative estimate of drug-likeness (QED) is 0.0444. The first-order valence-corrected chi connectivity index (χ1v) is 51.4. The molecule has 0 unspecified atom stereocenters. The largest absolute Gasteiger partial charge is 0.508 e. The second-order valence-electron chi connectivity index (χ2n) is 32.5. The van der Waals surface area contributed by atoms with Gasteiger partial charge in [-0.1, -0.05) is 191 Å². The Balaban J connectivity index is 0.000000122. The maximum atomic E-state index is 10.1. The molecule has 0 radical (unpaired) electrons. The highest BCUT2D eigenvalue weighted by Crippen LogP contribution is 2.42. The van der Waals surface area contributed by atoms with E-state index in [1.807, 2.05) is 147 Å². The second-order valence-corrected chi connectivity index (χ2v) is 44.9. The van der Waals surface area contributed by atoms with Crippen LogP contribution in [0, 0.1) is 13.8 Å². The Morgan fingerprint density at radius 3 is 0.742 bits per heavy atom. The Hall–Kier alpha value is -13.5. The van der Waals surface area contributed by atoms with Crippen LogP contribution in [0.5, 0.6) is 46.0 Å². The van der Waals surface area contributed by atoms with E-state index < -0.39 is 0 Å². The number of aryl methyl sites for hydroxylation is 2. The monoisotopic (exact) mass is 1840 g/mol. The number of fused-ring (bicyclic) bond motifs is 3. The van der Waals surface area contributed by atoms with Crippen LogP contribution in [0.2, 0.25) is 0 Å². The van der Waals surface area contributed by atoms with Gasteiger partial charge in [0.15, 0.2) is 78.3 Å². The summed E-state index contributed by atoms with van der Waals surface area (Å²) in [6.07, 6.45) is 2.72. The molecule has 1 aliphatic heterocycles. The lowest BCUT2D eigenvalue weighted by Crippen LogP contribution is -2.11. The zero-order valence-corrected chi connectivity index (χ0v) is 79.1. The first-order chi connectivity index (χ1) is 64.2. The maximum absolute atomic E-state index is 10.1. The van der Waals surface area contributed by atoms with Gasteiger partial charge < -0.3 is 40.9 Å². The fourth-order valence-corrected chi connectivity index (χ4v) is 28.5. The van der Waals surface area contributed by atoms with E-state index in [0.29, 0.717) is 28.1 Å². The van der Waals surface area contributed by atoms with Gasteiger partial charge in [-0.25, -0.2) is 0 Å². The molecule has 0 bridgehead atoms. The summed E-state index contributed by atoms with van der Waals surface area (Å²) in [5.41, 5.74) is 3.39. The Bertz CT molecular complexity index is 6560. The lowest BCUT2D eigenvalue weighted by Gasteiger charge is -2.19. The van der Waals surface area contributed by atoms with Gasteiger partial charge in [0.1, 0.15) is 57.5 Å². The van der Waals surface area contributed by atoms with E-state index in [1.54, 1.807) is 72.8 Å². The SMILES string of the molecule is CC(C)(C)c1ccc([S+](c2ccc3ccccc3c2)c2ccc3ccccc3c2)cc1.Cc1cc([S+](c2ccccc2)c2ccccc2)cc(C)c1O.Oc1ccc([S+](c2ccc(O)cc2)c2ccc(O)cc2)cc1.Oc1ccc([S+](c2ccccc2)c2ccc(O)cc2)cc1.Oc1ccc([S+](c2ccccc2)c2ccccc2)cc1.Oc1ccc([S+]2CCCC2)c2ccccc12. The third kappa shape index (κ3) is 24.2.